The summed E-state index contributed by atoms with van der Waals surface area (Å²) in [4.78, 5) is 12.5. The number of anilines is 1. The molecule has 3 rings (SSSR count). The highest BCUT2D eigenvalue weighted by Gasteiger charge is 2.27. The minimum absolute atomic E-state index is 0.0394. The van der Waals surface area contributed by atoms with Gasteiger partial charge in [-0.3, -0.25) is 4.79 Å². The van der Waals surface area contributed by atoms with Gasteiger partial charge in [0.25, 0.3) is 0 Å². The number of hydrogen-bond acceptors (Lipinski definition) is 3. The topological polar surface area (TPSA) is 66.5 Å². The lowest BCUT2D eigenvalue weighted by molar-refractivity contribution is -0.116. The van der Waals surface area contributed by atoms with Crippen molar-refractivity contribution in [3.8, 4) is 0 Å². The second-order valence-corrected chi connectivity index (χ2v) is 9.17. The number of carbonyl (C=O) groups excluding carboxylic acids is 1. The second-order valence-electron chi connectivity index (χ2n) is 6.38. The van der Waals surface area contributed by atoms with Crippen molar-refractivity contribution in [3.63, 3.8) is 0 Å². The number of nitrogens with zero attached hydrogens (tertiary/aromatic N) is 1. The van der Waals surface area contributed by atoms with E-state index >= 15 is 0 Å². The number of benzene rings is 3. The van der Waals surface area contributed by atoms with Gasteiger partial charge in [-0.1, -0.05) is 53.5 Å². The molecule has 30 heavy (non-hydrogen) atoms. The lowest BCUT2D eigenvalue weighted by Gasteiger charge is -2.22. The zero-order valence-electron chi connectivity index (χ0n) is 15.6. The summed E-state index contributed by atoms with van der Waals surface area (Å²) >= 11 is 11.9. The Morgan fingerprint density at radius 1 is 0.967 bits per heavy atom. The predicted octanol–water partition coefficient (Wildman–Crippen LogP) is 4.96. The molecular formula is C21H17Cl2FN2O3S. The molecule has 0 aromatic heterocycles. The smallest absolute Gasteiger partial charge is 0.243 e. The fraction of sp³-hybridized carbons (Fsp3) is 0.0952. The number of sulfonamides is 1. The minimum Gasteiger partial charge on any atom is -0.324 e. The van der Waals surface area contributed by atoms with Crippen molar-refractivity contribution in [1.29, 1.82) is 0 Å². The van der Waals surface area contributed by atoms with Crippen LogP contribution in [0.4, 0.5) is 10.1 Å². The van der Waals surface area contributed by atoms with Gasteiger partial charge in [-0.15, -0.1) is 0 Å². The van der Waals surface area contributed by atoms with E-state index in [1.54, 1.807) is 36.4 Å². The predicted molar refractivity (Wildman–Crippen MR) is 116 cm³/mol. The molecule has 1 amide bonds. The van der Waals surface area contributed by atoms with Crippen molar-refractivity contribution in [3.05, 3.63) is 94.2 Å². The molecule has 156 valence electrons. The van der Waals surface area contributed by atoms with Gasteiger partial charge in [-0.25, -0.2) is 12.8 Å². The zero-order valence-corrected chi connectivity index (χ0v) is 17.9. The summed E-state index contributed by atoms with van der Waals surface area (Å²) in [7, 11) is -4.07. The van der Waals surface area contributed by atoms with Crippen LogP contribution in [0.1, 0.15) is 5.56 Å². The van der Waals surface area contributed by atoms with E-state index in [4.69, 9.17) is 23.2 Å². The molecule has 1 N–H and O–H groups in total. The van der Waals surface area contributed by atoms with E-state index in [9.17, 15) is 17.6 Å². The lowest BCUT2D eigenvalue weighted by atomic mass is 10.2. The summed E-state index contributed by atoms with van der Waals surface area (Å²) < 4.78 is 40.5. The summed E-state index contributed by atoms with van der Waals surface area (Å²) in [5.41, 5.74) is 1.01. The highest BCUT2D eigenvalue weighted by atomic mass is 35.5. The first-order chi connectivity index (χ1) is 14.3. The SMILES string of the molecule is O=C(CN(Cc1ccccc1)S(=O)(=O)c1ccc(F)cc1)Nc1ccc(Cl)cc1Cl. The van der Waals surface area contributed by atoms with Gasteiger partial charge >= 0.3 is 0 Å². The van der Waals surface area contributed by atoms with Gasteiger partial charge in [0.1, 0.15) is 5.82 Å². The van der Waals surface area contributed by atoms with Crippen LogP contribution in [0.3, 0.4) is 0 Å². The Labute approximate surface area is 184 Å². The summed E-state index contributed by atoms with van der Waals surface area (Å²) in [5.74, 6) is -1.14. The maximum Gasteiger partial charge on any atom is 0.243 e. The van der Waals surface area contributed by atoms with Gasteiger partial charge in [0.05, 0.1) is 22.2 Å². The Hall–Kier alpha value is -2.45. The monoisotopic (exact) mass is 466 g/mol. The van der Waals surface area contributed by atoms with Crippen molar-refractivity contribution in [2.24, 2.45) is 0 Å². The van der Waals surface area contributed by atoms with Crippen LogP contribution in [0, 0.1) is 5.82 Å². The number of amides is 1. The van der Waals surface area contributed by atoms with Crippen LogP contribution >= 0.6 is 23.2 Å². The summed E-state index contributed by atoms with van der Waals surface area (Å²) in [5, 5.41) is 3.22. The van der Waals surface area contributed by atoms with Crippen molar-refractivity contribution < 1.29 is 17.6 Å². The molecule has 0 atom stereocenters. The Kier molecular flexibility index (Phi) is 7.10. The van der Waals surface area contributed by atoms with Crippen LogP contribution < -0.4 is 5.32 Å². The van der Waals surface area contributed by atoms with Gasteiger partial charge < -0.3 is 5.32 Å². The highest BCUT2D eigenvalue weighted by molar-refractivity contribution is 7.89. The molecule has 9 heteroatoms. The summed E-state index contributed by atoms with van der Waals surface area (Å²) in [6.07, 6.45) is 0. The Bertz CT molecular complexity index is 1140. The highest BCUT2D eigenvalue weighted by Crippen LogP contribution is 2.26. The summed E-state index contributed by atoms with van der Waals surface area (Å²) in [6.45, 7) is -0.504. The normalized spacial score (nSPS) is 11.5. The molecule has 0 bridgehead atoms. The maximum atomic E-state index is 13.2. The van der Waals surface area contributed by atoms with Gasteiger partial charge in [0.2, 0.25) is 15.9 Å². The van der Waals surface area contributed by atoms with Crippen LogP contribution in [0.5, 0.6) is 0 Å². The lowest BCUT2D eigenvalue weighted by Crippen LogP contribution is -2.37. The average molecular weight is 467 g/mol. The quantitative estimate of drug-likeness (QED) is 0.534. The number of hydrogen-bond donors (Lipinski definition) is 1. The Morgan fingerprint density at radius 2 is 1.63 bits per heavy atom. The number of halogens is 3. The molecule has 0 unspecified atom stereocenters. The van der Waals surface area contributed by atoms with Crippen LogP contribution in [0.25, 0.3) is 0 Å². The van der Waals surface area contributed by atoms with E-state index in [1.165, 1.54) is 12.1 Å². The Balaban J connectivity index is 1.87. The maximum absolute atomic E-state index is 13.2. The molecule has 0 aliphatic carbocycles. The number of nitrogens with one attached hydrogen (secondary N) is 1. The standard InChI is InChI=1S/C21H17Cl2FN2O3S/c22-16-6-11-20(19(23)12-16)25-21(27)14-26(13-15-4-2-1-3-5-15)30(28,29)18-9-7-17(24)8-10-18/h1-12H,13-14H2,(H,25,27). The average Bonchev–Trinajstić information content (AvgIpc) is 2.71. The molecule has 3 aromatic rings. The molecule has 0 spiro atoms. The fourth-order valence-corrected chi connectivity index (χ4v) is 4.55. The third-order valence-corrected chi connectivity index (χ3v) is 6.53. The van der Waals surface area contributed by atoms with E-state index in [1.807, 2.05) is 0 Å². The van der Waals surface area contributed by atoms with E-state index in [0.29, 0.717) is 16.3 Å². The van der Waals surface area contributed by atoms with Crippen molar-refractivity contribution in [1.82, 2.24) is 4.31 Å². The van der Waals surface area contributed by atoms with Gasteiger partial charge in [-0.05, 0) is 48.0 Å². The molecule has 0 radical (unpaired) electrons. The Morgan fingerprint density at radius 3 is 2.27 bits per heavy atom. The van der Waals surface area contributed by atoms with E-state index in [-0.39, 0.29) is 16.5 Å². The van der Waals surface area contributed by atoms with E-state index in [2.05, 4.69) is 5.32 Å². The first-order valence-electron chi connectivity index (χ1n) is 8.80. The van der Waals surface area contributed by atoms with Crippen LogP contribution in [0.15, 0.2) is 77.7 Å². The first-order valence-corrected chi connectivity index (χ1v) is 11.0. The van der Waals surface area contributed by atoms with E-state index < -0.39 is 28.3 Å². The minimum atomic E-state index is -4.07. The van der Waals surface area contributed by atoms with Crippen molar-refractivity contribution in [2.75, 3.05) is 11.9 Å². The molecule has 0 fully saturated rings. The molecule has 0 saturated carbocycles. The molecule has 0 heterocycles. The molecule has 0 saturated heterocycles. The molecule has 5 nitrogen and oxygen atoms in total. The first kappa shape index (κ1) is 22.2. The van der Waals surface area contributed by atoms with E-state index in [0.717, 1.165) is 28.6 Å². The van der Waals surface area contributed by atoms with Gasteiger partial charge in [0.15, 0.2) is 0 Å². The molecular weight excluding hydrogens is 450 g/mol. The van der Waals surface area contributed by atoms with Crippen LogP contribution in [-0.2, 0) is 21.4 Å². The second kappa shape index (κ2) is 9.57. The number of rotatable bonds is 7. The van der Waals surface area contributed by atoms with Crippen molar-refractivity contribution >= 4 is 44.8 Å². The fourth-order valence-electron chi connectivity index (χ4n) is 2.71. The van der Waals surface area contributed by atoms with Crippen LogP contribution in [-0.4, -0.2) is 25.2 Å². The zero-order chi connectivity index (χ0) is 21.7. The van der Waals surface area contributed by atoms with Gasteiger partial charge in [-0.2, -0.15) is 4.31 Å². The molecule has 3 aromatic carbocycles. The largest absolute Gasteiger partial charge is 0.324 e. The molecule has 0 aliphatic heterocycles. The third-order valence-electron chi connectivity index (χ3n) is 4.18. The van der Waals surface area contributed by atoms with Crippen LogP contribution in [0.2, 0.25) is 10.0 Å². The van der Waals surface area contributed by atoms with Crippen molar-refractivity contribution in [2.45, 2.75) is 11.4 Å². The van der Waals surface area contributed by atoms with Gasteiger partial charge in [0, 0.05) is 11.6 Å². The third kappa shape index (κ3) is 5.58. The summed E-state index contributed by atoms with van der Waals surface area (Å²) in [6, 6.07) is 17.8. The number of carbonyl (C=O) groups is 1. The molecule has 0 aliphatic rings.